The van der Waals surface area contributed by atoms with Gasteiger partial charge in [-0.25, -0.2) is 0 Å². The minimum Gasteiger partial charge on any atom is -0.383 e. The number of methoxy groups -OCH3 is 1. The van der Waals surface area contributed by atoms with Gasteiger partial charge in [-0.1, -0.05) is 11.6 Å². The molecule has 2 nitrogen and oxygen atoms in total. The van der Waals surface area contributed by atoms with E-state index in [-0.39, 0.29) is 0 Å². The van der Waals surface area contributed by atoms with Crippen LogP contribution in [0.2, 0.25) is 5.02 Å². The zero-order valence-electron chi connectivity index (χ0n) is 8.02. The highest BCUT2D eigenvalue weighted by Crippen LogP contribution is 2.17. The van der Waals surface area contributed by atoms with Gasteiger partial charge in [0.05, 0.1) is 6.61 Å². The van der Waals surface area contributed by atoms with Crippen molar-refractivity contribution in [3.63, 3.8) is 0 Å². The summed E-state index contributed by atoms with van der Waals surface area (Å²) in [4.78, 5) is 0. The second-order valence-electron chi connectivity index (χ2n) is 2.91. The van der Waals surface area contributed by atoms with Gasteiger partial charge in [0.25, 0.3) is 0 Å². The Morgan fingerprint density at radius 2 is 2.29 bits per heavy atom. The van der Waals surface area contributed by atoms with Gasteiger partial charge in [-0.15, -0.1) is 0 Å². The molecular formula is C10H13ClINO. The van der Waals surface area contributed by atoms with Crippen molar-refractivity contribution in [1.82, 2.24) is 5.32 Å². The molecule has 1 aromatic rings. The van der Waals surface area contributed by atoms with E-state index in [0.29, 0.717) is 0 Å². The Balaban J connectivity index is 2.45. The number of benzene rings is 1. The predicted molar refractivity (Wildman–Crippen MR) is 67.8 cm³/mol. The van der Waals surface area contributed by atoms with Crippen LogP contribution in [0.3, 0.4) is 0 Å². The van der Waals surface area contributed by atoms with Gasteiger partial charge in [0.15, 0.2) is 0 Å². The molecule has 0 amide bonds. The molecule has 4 heteroatoms. The third-order valence-corrected chi connectivity index (χ3v) is 3.09. The van der Waals surface area contributed by atoms with Crippen LogP contribution in [0.1, 0.15) is 5.56 Å². The van der Waals surface area contributed by atoms with E-state index in [0.717, 1.165) is 24.7 Å². The van der Waals surface area contributed by atoms with E-state index < -0.39 is 0 Å². The first kappa shape index (κ1) is 12.2. The molecule has 0 radical (unpaired) electrons. The number of halogens is 2. The van der Waals surface area contributed by atoms with Gasteiger partial charge >= 0.3 is 0 Å². The lowest BCUT2D eigenvalue weighted by molar-refractivity contribution is 0.199. The molecule has 78 valence electrons. The topological polar surface area (TPSA) is 21.3 Å². The summed E-state index contributed by atoms with van der Waals surface area (Å²) >= 11 is 8.21. The van der Waals surface area contributed by atoms with Crippen molar-refractivity contribution in [3.8, 4) is 0 Å². The molecule has 0 aromatic heterocycles. The lowest BCUT2D eigenvalue weighted by atomic mass is 10.2. The molecule has 1 rings (SSSR count). The van der Waals surface area contributed by atoms with Crippen molar-refractivity contribution in [3.05, 3.63) is 32.4 Å². The minimum atomic E-state index is 0.733. The van der Waals surface area contributed by atoms with Crippen LogP contribution in [-0.4, -0.2) is 20.3 Å². The van der Waals surface area contributed by atoms with Crippen LogP contribution in [0, 0.1) is 3.57 Å². The van der Waals surface area contributed by atoms with Gasteiger partial charge in [-0.3, -0.25) is 0 Å². The first-order chi connectivity index (χ1) is 6.74. The molecule has 0 saturated carbocycles. The second-order valence-corrected chi connectivity index (χ2v) is 4.50. The van der Waals surface area contributed by atoms with Crippen LogP contribution in [0.4, 0.5) is 0 Å². The van der Waals surface area contributed by atoms with Crippen molar-refractivity contribution < 1.29 is 4.74 Å². The Hall–Kier alpha value is 0.160. The van der Waals surface area contributed by atoms with Gasteiger partial charge in [0.1, 0.15) is 0 Å². The lowest BCUT2D eigenvalue weighted by Crippen LogP contribution is -2.19. The van der Waals surface area contributed by atoms with Crippen molar-refractivity contribution in [2.75, 3.05) is 20.3 Å². The fourth-order valence-electron chi connectivity index (χ4n) is 1.08. The fraction of sp³-hybridized carbons (Fsp3) is 0.400. The van der Waals surface area contributed by atoms with Crippen LogP contribution in [-0.2, 0) is 11.3 Å². The summed E-state index contributed by atoms with van der Waals surface area (Å²) in [5, 5.41) is 4.07. The fourth-order valence-corrected chi connectivity index (χ4v) is 1.80. The summed E-state index contributed by atoms with van der Waals surface area (Å²) in [7, 11) is 1.70. The first-order valence-corrected chi connectivity index (χ1v) is 5.83. The van der Waals surface area contributed by atoms with Crippen LogP contribution in [0.25, 0.3) is 0 Å². The minimum absolute atomic E-state index is 0.733. The van der Waals surface area contributed by atoms with E-state index >= 15 is 0 Å². The quantitative estimate of drug-likeness (QED) is 0.664. The number of nitrogens with one attached hydrogen (secondary N) is 1. The van der Waals surface area contributed by atoms with E-state index in [1.165, 1.54) is 9.13 Å². The summed E-state index contributed by atoms with van der Waals surface area (Å²) < 4.78 is 6.18. The largest absolute Gasteiger partial charge is 0.383 e. The summed E-state index contributed by atoms with van der Waals surface area (Å²) in [6.45, 7) is 2.43. The third kappa shape index (κ3) is 4.13. The Bertz CT molecular complexity index is 293. The van der Waals surface area contributed by atoms with Crippen molar-refractivity contribution in [1.29, 1.82) is 0 Å². The Morgan fingerprint density at radius 1 is 1.50 bits per heavy atom. The summed E-state index contributed by atoms with van der Waals surface area (Å²) in [6, 6.07) is 5.92. The number of hydrogen-bond donors (Lipinski definition) is 1. The van der Waals surface area contributed by atoms with E-state index in [9.17, 15) is 0 Å². The highest BCUT2D eigenvalue weighted by molar-refractivity contribution is 14.1. The highest BCUT2D eigenvalue weighted by Gasteiger charge is 1.99. The zero-order valence-corrected chi connectivity index (χ0v) is 10.9. The van der Waals surface area contributed by atoms with Crippen LogP contribution < -0.4 is 5.32 Å². The van der Waals surface area contributed by atoms with Crippen LogP contribution in [0.5, 0.6) is 0 Å². The first-order valence-electron chi connectivity index (χ1n) is 4.37. The van der Waals surface area contributed by atoms with E-state index in [1.807, 2.05) is 18.2 Å². The smallest absolute Gasteiger partial charge is 0.0587 e. The molecule has 0 atom stereocenters. The zero-order chi connectivity index (χ0) is 10.4. The molecule has 0 unspecified atom stereocenters. The van der Waals surface area contributed by atoms with Gasteiger partial charge in [0.2, 0.25) is 0 Å². The monoisotopic (exact) mass is 325 g/mol. The predicted octanol–water partition coefficient (Wildman–Crippen LogP) is 2.68. The maximum atomic E-state index is 5.90. The molecule has 1 N–H and O–H groups in total. The normalized spacial score (nSPS) is 10.5. The highest BCUT2D eigenvalue weighted by atomic mass is 127. The van der Waals surface area contributed by atoms with Gasteiger partial charge in [0, 0.05) is 28.8 Å². The van der Waals surface area contributed by atoms with E-state index in [4.69, 9.17) is 16.3 Å². The Kier molecular flexibility index (Phi) is 5.77. The third-order valence-electron chi connectivity index (χ3n) is 1.81. The second kappa shape index (κ2) is 6.61. The summed E-state index contributed by atoms with van der Waals surface area (Å²) in [5.74, 6) is 0. The summed E-state index contributed by atoms with van der Waals surface area (Å²) in [6.07, 6.45) is 0. The number of hydrogen-bond acceptors (Lipinski definition) is 2. The molecule has 0 heterocycles. The van der Waals surface area contributed by atoms with Gasteiger partial charge in [-0.05, 0) is 46.4 Å². The SMILES string of the molecule is COCCNCc1cc(Cl)ccc1I. The van der Waals surface area contributed by atoms with E-state index in [1.54, 1.807) is 7.11 Å². The molecular weight excluding hydrogens is 312 g/mol. The molecule has 1 aromatic carbocycles. The van der Waals surface area contributed by atoms with Gasteiger partial charge in [-0.2, -0.15) is 0 Å². The van der Waals surface area contributed by atoms with E-state index in [2.05, 4.69) is 27.9 Å². The number of rotatable bonds is 5. The Morgan fingerprint density at radius 3 is 3.00 bits per heavy atom. The average molecular weight is 326 g/mol. The Labute approximate surface area is 103 Å². The molecule has 0 saturated heterocycles. The molecule has 0 bridgehead atoms. The maximum Gasteiger partial charge on any atom is 0.0587 e. The average Bonchev–Trinajstić information content (AvgIpc) is 2.18. The van der Waals surface area contributed by atoms with Crippen molar-refractivity contribution >= 4 is 34.2 Å². The molecule has 14 heavy (non-hydrogen) atoms. The molecule has 0 fully saturated rings. The summed E-state index contributed by atoms with van der Waals surface area (Å²) in [5.41, 5.74) is 1.23. The lowest BCUT2D eigenvalue weighted by Gasteiger charge is -2.06. The van der Waals surface area contributed by atoms with Gasteiger partial charge < -0.3 is 10.1 Å². The number of ether oxygens (including phenoxy) is 1. The van der Waals surface area contributed by atoms with Crippen molar-refractivity contribution in [2.45, 2.75) is 6.54 Å². The molecule has 0 spiro atoms. The molecule has 0 aliphatic heterocycles. The van der Waals surface area contributed by atoms with Crippen LogP contribution >= 0.6 is 34.2 Å². The standard InChI is InChI=1S/C10H13ClINO/c1-14-5-4-13-7-8-6-9(11)2-3-10(8)12/h2-3,6,13H,4-5,7H2,1H3. The molecule has 0 aliphatic carbocycles. The molecule has 0 aliphatic rings. The van der Waals surface area contributed by atoms with Crippen LogP contribution in [0.15, 0.2) is 18.2 Å². The van der Waals surface area contributed by atoms with Crippen molar-refractivity contribution in [2.24, 2.45) is 0 Å². The maximum absolute atomic E-state index is 5.90.